The van der Waals surface area contributed by atoms with Crippen LogP contribution in [0.25, 0.3) is 0 Å². The van der Waals surface area contributed by atoms with Gasteiger partial charge in [0.05, 0.1) is 12.1 Å². The predicted molar refractivity (Wildman–Crippen MR) is 93.7 cm³/mol. The molecule has 1 fully saturated rings. The molecule has 1 aliphatic heterocycles. The lowest BCUT2D eigenvalue weighted by molar-refractivity contribution is -0.135. The van der Waals surface area contributed by atoms with Gasteiger partial charge in [0.25, 0.3) is 0 Å². The van der Waals surface area contributed by atoms with Gasteiger partial charge >= 0.3 is 12.0 Å². The van der Waals surface area contributed by atoms with Crippen molar-refractivity contribution in [3.05, 3.63) is 33.8 Å². The lowest BCUT2D eigenvalue weighted by Gasteiger charge is -2.36. The van der Waals surface area contributed by atoms with Gasteiger partial charge in [-0.3, -0.25) is 4.79 Å². The topological polar surface area (TPSA) is 89.9 Å². The number of carboxylic acids is 1. The van der Waals surface area contributed by atoms with E-state index in [1.54, 1.807) is 13.0 Å². The summed E-state index contributed by atoms with van der Waals surface area (Å²) in [6.07, 6.45) is 1.39. The van der Waals surface area contributed by atoms with E-state index >= 15 is 0 Å². The van der Waals surface area contributed by atoms with Crippen molar-refractivity contribution in [1.82, 2.24) is 10.2 Å². The molecule has 0 aliphatic carbocycles. The fraction of sp³-hybridized carbons (Fsp3) is 0.500. The van der Waals surface area contributed by atoms with E-state index in [0.29, 0.717) is 18.0 Å². The van der Waals surface area contributed by atoms with Gasteiger partial charge in [-0.15, -0.1) is 0 Å². The first kappa shape index (κ1) is 20.5. The van der Waals surface area contributed by atoms with Crippen molar-refractivity contribution in [2.24, 2.45) is 0 Å². The van der Waals surface area contributed by atoms with E-state index in [0.717, 1.165) is 17.0 Å². The average molecular weight is 377 g/mol. The highest BCUT2D eigenvalue weighted by atomic mass is 35.5. The second-order valence-corrected chi connectivity index (χ2v) is 6.81. The molecule has 24 heavy (non-hydrogen) atoms. The van der Waals surface area contributed by atoms with E-state index in [1.165, 1.54) is 4.90 Å². The molecule has 1 aromatic rings. The minimum absolute atomic E-state index is 0.248. The Kier molecular flexibility index (Phi) is 7.79. The Hall–Kier alpha value is -1.50. The zero-order valence-electron chi connectivity index (χ0n) is 13.7. The zero-order chi connectivity index (χ0) is 18.3. The predicted octanol–water partition coefficient (Wildman–Crippen LogP) is 2.93. The van der Waals surface area contributed by atoms with Gasteiger partial charge in [0, 0.05) is 16.6 Å². The quantitative estimate of drug-likeness (QED) is 0.739. The van der Waals surface area contributed by atoms with Gasteiger partial charge in [-0.25, -0.2) is 4.79 Å². The van der Waals surface area contributed by atoms with Gasteiger partial charge in [0.1, 0.15) is 6.54 Å². The van der Waals surface area contributed by atoms with Crippen molar-refractivity contribution in [3.8, 4) is 0 Å². The average Bonchev–Trinajstić information content (AvgIpc) is 2.48. The molecule has 1 unspecified atom stereocenters. The van der Waals surface area contributed by atoms with E-state index in [2.05, 4.69) is 5.32 Å². The highest BCUT2D eigenvalue weighted by molar-refractivity contribution is 6.35. The van der Waals surface area contributed by atoms with Crippen LogP contribution in [0.1, 0.15) is 25.3 Å². The van der Waals surface area contributed by atoms with Crippen LogP contribution < -0.4 is 5.32 Å². The number of aryl methyl sites for hydroxylation is 1. The van der Waals surface area contributed by atoms with Crippen LogP contribution in [0.4, 0.5) is 4.79 Å². The summed E-state index contributed by atoms with van der Waals surface area (Å²) in [6.45, 7) is 4.03. The largest absolute Gasteiger partial charge is 0.480 e. The molecular formula is C16H22Cl2N2O4. The number of aliphatic carboxylic acids is 1. The number of nitrogens with one attached hydrogen (secondary N) is 1. The number of aliphatic hydroxyl groups is 1. The summed E-state index contributed by atoms with van der Waals surface area (Å²) in [5.41, 5.74) is 0.194. The molecular weight excluding hydrogens is 355 g/mol. The van der Waals surface area contributed by atoms with E-state index in [1.807, 2.05) is 19.1 Å². The maximum atomic E-state index is 11.4. The Bertz CT molecular complexity index is 593. The van der Waals surface area contributed by atoms with Gasteiger partial charge in [-0.2, -0.15) is 0 Å². The normalized spacial score (nSPS) is 20.0. The number of likely N-dealkylation sites (tertiary alicyclic amines) is 1. The summed E-state index contributed by atoms with van der Waals surface area (Å²) < 4.78 is 0. The highest BCUT2D eigenvalue weighted by Gasteiger charge is 2.30. The molecule has 8 heteroatoms. The minimum Gasteiger partial charge on any atom is -0.480 e. The van der Waals surface area contributed by atoms with Crippen LogP contribution in [0.15, 0.2) is 18.2 Å². The number of hydrogen-bond donors (Lipinski definition) is 3. The first-order valence-electron chi connectivity index (χ1n) is 7.49. The number of carboxylic acid groups (broad SMARTS) is 1. The van der Waals surface area contributed by atoms with Crippen LogP contribution in [-0.4, -0.2) is 52.3 Å². The maximum Gasteiger partial charge on any atom is 0.323 e. The van der Waals surface area contributed by atoms with Gasteiger partial charge in [0.2, 0.25) is 0 Å². The fourth-order valence-electron chi connectivity index (χ4n) is 2.22. The third kappa shape index (κ3) is 7.38. The van der Waals surface area contributed by atoms with Crippen molar-refractivity contribution < 1.29 is 19.8 Å². The number of rotatable bonds is 2. The number of carbonyl (C=O) groups is 2. The maximum absolute atomic E-state index is 11.4. The number of β-amino-alcohol motifs (C(OH)–C–C–N with tert-alkyl or cyclic N) is 1. The summed E-state index contributed by atoms with van der Waals surface area (Å²) >= 11 is 11.4. The molecule has 2 amide bonds. The molecule has 1 aliphatic rings. The molecule has 0 saturated carbocycles. The van der Waals surface area contributed by atoms with Crippen LogP contribution >= 0.6 is 23.2 Å². The Labute approximate surface area is 151 Å². The fourth-order valence-corrected chi connectivity index (χ4v) is 2.63. The molecule has 2 rings (SSSR count). The van der Waals surface area contributed by atoms with Gasteiger partial charge in [0.15, 0.2) is 0 Å². The van der Waals surface area contributed by atoms with Gasteiger partial charge in [-0.1, -0.05) is 29.3 Å². The number of hydrogen-bond acceptors (Lipinski definition) is 3. The molecule has 0 spiro atoms. The monoisotopic (exact) mass is 376 g/mol. The smallest absolute Gasteiger partial charge is 0.323 e. The van der Waals surface area contributed by atoms with Crippen molar-refractivity contribution in [2.45, 2.75) is 32.3 Å². The summed E-state index contributed by atoms with van der Waals surface area (Å²) in [6, 6.07) is 5.02. The number of piperidine rings is 1. The van der Waals surface area contributed by atoms with Crippen molar-refractivity contribution in [2.75, 3.05) is 19.6 Å². The van der Waals surface area contributed by atoms with Crippen molar-refractivity contribution in [1.29, 1.82) is 0 Å². The van der Waals surface area contributed by atoms with Crippen molar-refractivity contribution in [3.63, 3.8) is 0 Å². The lowest BCUT2D eigenvalue weighted by Crippen LogP contribution is -2.52. The Morgan fingerprint density at radius 2 is 2.04 bits per heavy atom. The molecule has 134 valence electrons. The molecule has 3 N–H and O–H groups in total. The summed E-state index contributed by atoms with van der Waals surface area (Å²) in [5.74, 6) is -1.08. The van der Waals surface area contributed by atoms with Crippen LogP contribution in [0.5, 0.6) is 0 Å². The Morgan fingerprint density at radius 3 is 2.54 bits per heavy atom. The SMILES string of the molecule is CC1(O)CCCN(C(=O)NCC(=O)O)C1.Cc1ccc(Cl)cc1Cl. The first-order chi connectivity index (χ1) is 11.1. The molecule has 0 radical (unpaired) electrons. The number of halogens is 2. The Balaban J connectivity index is 0.000000272. The van der Waals surface area contributed by atoms with Crippen LogP contribution in [0, 0.1) is 6.92 Å². The number of benzene rings is 1. The van der Waals surface area contributed by atoms with Gasteiger partial charge < -0.3 is 20.4 Å². The molecule has 6 nitrogen and oxygen atoms in total. The molecule has 1 heterocycles. The number of urea groups is 1. The van der Waals surface area contributed by atoms with Crippen LogP contribution in [-0.2, 0) is 4.79 Å². The highest BCUT2D eigenvalue weighted by Crippen LogP contribution is 2.20. The third-order valence-electron chi connectivity index (χ3n) is 3.49. The summed E-state index contributed by atoms with van der Waals surface area (Å²) in [4.78, 5) is 23.1. The van der Waals surface area contributed by atoms with E-state index in [-0.39, 0.29) is 6.54 Å². The van der Waals surface area contributed by atoms with E-state index in [4.69, 9.17) is 28.3 Å². The second-order valence-electron chi connectivity index (χ2n) is 5.97. The minimum atomic E-state index is -1.08. The molecule has 1 saturated heterocycles. The van der Waals surface area contributed by atoms with Gasteiger partial charge in [-0.05, 0) is 44.4 Å². The third-order valence-corrected chi connectivity index (χ3v) is 4.13. The molecule has 0 aromatic heterocycles. The standard InChI is InChI=1S/C9H16N2O4.C7H6Cl2/c1-9(15)3-2-4-11(6-9)8(14)10-5-7(12)13;1-5-2-3-6(8)4-7(5)9/h15H,2-6H2,1H3,(H,10,14)(H,12,13);2-4H,1H3. The number of carbonyl (C=O) groups excluding carboxylic acids is 1. The zero-order valence-corrected chi connectivity index (χ0v) is 15.2. The van der Waals surface area contributed by atoms with Crippen molar-refractivity contribution >= 4 is 35.2 Å². The lowest BCUT2D eigenvalue weighted by atomic mass is 9.95. The number of amides is 2. The van der Waals surface area contributed by atoms with E-state index in [9.17, 15) is 14.7 Å². The molecule has 0 bridgehead atoms. The van der Waals surface area contributed by atoms with Crippen LogP contribution in [0.2, 0.25) is 10.0 Å². The number of nitrogens with zero attached hydrogens (tertiary/aromatic N) is 1. The molecule has 1 atom stereocenters. The molecule has 1 aromatic carbocycles. The summed E-state index contributed by atoms with van der Waals surface area (Å²) in [5, 5.41) is 21.8. The van der Waals surface area contributed by atoms with Crippen LogP contribution in [0.3, 0.4) is 0 Å². The summed E-state index contributed by atoms with van der Waals surface area (Å²) in [7, 11) is 0. The first-order valence-corrected chi connectivity index (χ1v) is 8.25. The Morgan fingerprint density at radius 1 is 1.38 bits per heavy atom. The second kappa shape index (κ2) is 9.11. The van der Waals surface area contributed by atoms with E-state index < -0.39 is 24.1 Å².